The predicted octanol–water partition coefficient (Wildman–Crippen LogP) is 3.63. The molecule has 6 heteroatoms. The summed E-state index contributed by atoms with van der Waals surface area (Å²) in [4.78, 5) is 24.5. The molecule has 0 unspecified atom stereocenters. The zero-order valence-corrected chi connectivity index (χ0v) is 14.0. The Morgan fingerprint density at radius 2 is 1.96 bits per heavy atom. The Morgan fingerprint density at radius 3 is 2.68 bits per heavy atom. The largest absolute Gasteiger partial charge is 0.474 e. The van der Waals surface area contributed by atoms with Crippen molar-refractivity contribution in [3.05, 3.63) is 52.9 Å². The smallest absolute Gasteiger partial charge is 0.344 e. The first-order valence-electron chi connectivity index (χ1n) is 7.94. The van der Waals surface area contributed by atoms with E-state index in [0.717, 1.165) is 0 Å². The van der Waals surface area contributed by atoms with Crippen LogP contribution in [-0.2, 0) is 9.53 Å². The molecule has 3 aromatic rings. The van der Waals surface area contributed by atoms with E-state index in [9.17, 15) is 9.59 Å². The number of benzene rings is 1. The summed E-state index contributed by atoms with van der Waals surface area (Å²) in [7, 11) is 0. The van der Waals surface area contributed by atoms with Crippen molar-refractivity contribution in [2.45, 2.75) is 13.8 Å². The first-order chi connectivity index (χ1) is 12.1. The van der Waals surface area contributed by atoms with E-state index in [1.165, 1.54) is 6.26 Å². The van der Waals surface area contributed by atoms with Crippen LogP contribution in [0.4, 0.5) is 0 Å². The monoisotopic (exact) mass is 342 g/mol. The summed E-state index contributed by atoms with van der Waals surface area (Å²) in [5.74, 6) is 0.0777. The Morgan fingerprint density at radius 1 is 1.16 bits per heavy atom. The summed E-state index contributed by atoms with van der Waals surface area (Å²) in [5, 5.41) is 0.364. The van der Waals surface area contributed by atoms with Gasteiger partial charge in [0.1, 0.15) is 5.58 Å². The van der Waals surface area contributed by atoms with Crippen molar-refractivity contribution in [1.82, 2.24) is 0 Å². The lowest BCUT2D eigenvalue weighted by Crippen LogP contribution is -2.20. The van der Waals surface area contributed by atoms with E-state index in [-0.39, 0.29) is 29.5 Å². The highest BCUT2D eigenvalue weighted by atomic mass is 16.6. The minimum atomic E-state index is -0.549. The molecule has 0 radical (unpaired) electrons. The average molecular weight is 342 g/mol. The van der Waals surface area contributed by atoms with Crippen LogP contribution in [0, 0.1) is 5.92 Å². The molecular formula is C19H18O6. The highest BCUT2D eigenvalue weighted by molar-refractivity contribution is 5.81. The number of rotatable bonds is 6. The van der Waals surface area contributed by atoms with E-state index in [2.05, 4.69) is 0 Å². The van der Waals surface area contributed by atoms with E-state index >= 15 is 0 Å². The molecule has 3 rings (SSSR count). The molecule has 130 valence electrons. The van der Waals surface area contributed by atoms with Crippen LogP contribution in [0.2, 0.25) is 0 Å². The lowest BCUT2D eigenvalue weighted by atomic mass is 10.2. The van der Waals surface area contributed by atoms with Gasteiger partial charge in [0.05, 0.1) is 18.3 Å². The third-order valence-corrected chi connectivity index (χ3v) is 3.41. The zero-order valence-electron chi connectivity index (χ0n) is 14.0. The highest BCUT2D eigenvalue weighted by Gasteiger charge is 2.20. The van der Waals surface area contributed by atoms with Gasteiger partial charge in [0.25, 0.3) is 0 Å². The van der Waals surface area contributed by atoms with Gasteiger partial charge in [0, 0.05) is 0 Å². The van der Waals surface area contributed by atoms with Crippen molar-refractivity contribution in [2.24, 2.45) is 5.92 Å². The molecule has 0 atom stereocenters. The molecule has 0 fully saturated rings. The Balaban J connectivity index is 1.95. The van der Waals surface area contributed by atoms with E-state index in [1.807, 2.05) is 13.8 Å². The lowest BCUT2D eigenvalue weighted by Gasteiger charge is -2.11. The quantitative estimate of drug-likeness (QED) is 0.637. The summed E-state index contributed by atoms with van der Waals surface area (Å²) >= 11 is 0. The number of fused-ring (bicyclic) bond motifs is 1. The second kappa shape index (κ2) is 7.25. The third kappa shape index (κ3) is 3.74. The van der Waals surface area contributed by atoms with Crippen LogP contribution in [0.1, 0.15) is 13.8 Å². The lowest BCUT2D eigenvalue weighted by molar-refractivity contribution is -0.147. The van der Waals surface area contributed by atoms with Gasteiger partial charge in [-0.25, -0.2) is 4.79 Å². The fourth-order valence-electron chi connectivity index (χ4n) is 2.26. The first-order valence-corrected chi connectivity index (χ1v) is 7.94. The standard InChI is InChI=1S/C19H18O6/c1-12(2)10-23-16(20)11-24-19-17(21)13-6-3-4-7-14(13)25-18(19)15-8-5-9-22-15/h3-9,12H,10-11H2,1-2H3. The minimum Gasteiger partial charge on any atom is -0.474 e. The van der Waals surface area contributed by atoms with Crippen LogP contribution in [0.15, 0.2) is 56.3 Å². The number of para-hydroxylation sites is 1. The zero-order chi connectivity index (χ0) is 17.8. The fourth-order valence-corrected chi connectivity index (χ4v) is 2.26. The topological polar surface area (TPSA) is 78.9 Å². The van der Waals surface area contributed by atoms with E-state index in [1.54, 1.807) is 36.4 Å². The molecule has 0 spiro atoms. The SMILES string of the molecule is CC(C)COC(=O)COc1c(-c2ccco2)oc2ccccc2c1=O. The predicted molar refractivity (Wildman–Crippen MR) is 91.5 cm³/mol. The molecule has 0 aliphatic carbocycles. The molecule has 6 nitrogen and oxygen atoms in total. The molecule has 0 aliphatic heterocycles. The Bertz CT molecular complexity index is 921. The van der Waals surface area contributed by atoms with Gasteiger partial charge in [-0.05, 0) is 30.2 Å². The number of furan rings is 1. The van der Waals surface area contributed by atoms with Gasteiger partial charge in [0.15, 0.2) is 12.4 Å². The number of hydrogen-bond donors (Lipinski definition) is 0. The van der Waals surface area contributed by atoms with Crippen molar-refractivity contribution >= 4 is 16.9 Å². The maximum absolute atomic E-state index is 12.7. The molecule has 0 aliphatic rings. The third-order valence-electron chi connectivity index (χ3n) is 3.41. The molecular weight excluding hydrogens is 324 g/mol. The van der Waals surface area contributed by atoms with Crippen LogP contribution in [0.5, 0.6) is 5.75 Å². The van der Waals surface area contributed by atoms with Crippen molar-refractivity contribution in [1.29, 1.82) is 0 Å². The van der Waals surface area contributed by atoms with Crippen molar-refractivity contribution in [3.63, 3.8) is 0 Å². The maximum atomic E-state index is 12.7. The van der Waals surface area contributed by atoms with Crippen LogP contribution in [0.3, 0.4) is 0 Å². The second-order valence-corrected chi connectivity index (χ2v) is 5.93. The number of hydrogen-bond acceptors (Lipinski definition) is 6. The van der Waals surface area contributed by atoms with Crippen molar-refractivity contribution in [3.8, 4) is 17.3 Å². The summed E-state index contributed by atoms with van der Waals surface area (Å²) < 4.78 is 21.6. The van der Waals surface area contributed by atoms with E-state index in [4.69, 9.17) is 18.3 Å². The van der Waals surface area contributed by atoms with Gasteiger partial charge < -0.3 is 18.3 Å². The molecule has 2 aromatic heterocycles. The van der Waals surface area contributed by atoms with Crippen LogP contribution in [0.25, 0.3) is 22.5 Å². The summed E-state index contributed by atoms with van der Waals surface area (Å²) in [5.41, 5.74) is 0.0403. The fraction of sp³-hybridized carbons (Fsp3) is 0.263. The number of ether oxygens (including phenoxy) is 2. The molecule has 0 bridgehead atoms. The van der Waals surface area contributed by atoms with E-state index in [0.29, 0.717) is 23.3 Å². The van der Waals surface area contributed by atoms with Gasteiger partial charge in [0.2, 0.25) is 16.9 Å². The Hall–Kier alpha value is -3.02. The van der Waals surface area contributed by atoms with Crippen LogP contribution >= 0.6 is 0 Å². The number of carbonyl (C=O) groups excluding carboxylic acids is 1. The Kier molecular flexibility index (Phi) is 4.88. The molecule has 25 heavy (non-hydrogen) atoms. The summed E-state index contributed by atoms with van der Waals surface area (Å²) in [6, 6.07) is 10.1. The van der Waals surface area contributed by atoms with Crippen LogP contribution in [-0.4, -0.2) is 19.2 Å². The highest BCUT2D eigenvalue weighted by Crippen LogP contribution is 2.31. The average Bonchev–Trinajstić information content (AvgIpc) is 3.13. The normalized spacial score (nSPS) is 11.0. The van der Waals surface area contributed by atoms with Crippen LogP contribution < -0.4 is 10.2 Å². The molecule has 0 saturated carbocycles. The maximum Gasteiger partial charge on any atom is 0.344 e. The molecule has 0 amide bonds. The van der Waals surface area contributed by atoms with Gasteiger partial charge in [-0.15, -0.1) is 0 Å². The van der Waals surface area contributed by atoms with Gasteiger partial charge in [-0.2, -0.15) is 0 Å². The number of esters is 1. The van der Waals surface area contributed by atoms with E-state index < -0.39 is 5.97 Å². The second-order valence-electron chi connectivity index (χ2n) is 5.93. The summed E-state index contributed by atoms with van der Waals surface area (Å²) in [6.45, 7) is 3.77. The van der Waals surface area contributed by atoms with Crippen molar-refractivity contribution < 1.29 is 23.1 Å². The van der Waals surface area contributed by atoms with Gasteiger partial charge in [-0.3, -0.25) is 4.79 Å². The Labute approximate surface area is 144 Å². The summed E-state index contributed by atoms with van der Waals surface area (Å²) in [6.07, 6.45) is 1.46. The molecule has 1 aromatic carbocycles. The van der Waals surface area contributed by atoms with Gasteiger partial charge >= 0.3 is 5.97 Å². The van der Waals surface area contributed by atoms with Crippen molar-refractivity contribution in [2.75, 3.05) is 13.2 Å². The molecule has 0 saturated heterocycles. The van der Waals surface area contributed by atoms with Gasteiger partial charge in [-0.1, -0.05) is 26.0 Å². The number of carbonyl (C=O) groups is 1. The minimum absolute atomic E-state index is 0.0739. The molecule has 0 N–H and O–H groups in total. The molecule has 2 heterocycles. The first kappa shape index (κ1) is 16.8.